The number of rotatable bonds is 7. The first kappa shape index (κ1) is 19.0. The predicted molar refractivity (Wildman–Crippen MR) is 98.4 cm³/mol. The fraction of sp³-hybridized carbons (Fsp3) is 0.211. The Kier molecular flexibility index (Phi) is 6.73. The van der Waals surface area contributed by atoms with Crippen molar-refractivity contribution in [3.8, 4) is 5.75 Å². The number of hydrogen-bond donors (Lipinski definition) is 3. The van der Waals surface area contributed by atoms with Crippen LogP contribution < -0.4 is 20.7 Å². The Morgan fingerprint density at radius 1 is 0.885 bits per heavy atom. The van der Waals surface area contributed by atoms with E-state index in [0.29, 0.717) is 29.2 Å². The van der Waals surface area contributed by atoms with Gasteiger partial charge in [-0.05, 0) is 55.5 Å². The fourth-order valence-corrected chi connectivity index (χ4v) is 2.19. The van der Waals surface area contributed by atoms with Crippen molar-refractivity contribution in [2.75, 3.05) is 25.5 Å². The number of ether oxygens (including phenoxy) is 1. The molecule has 0 bridgehead atoms. The summed E-state index contributed by atoms with van der Waals surface area (Å²) in [4.78, 5) is 35.4. The molecule has 0 atom stereocenters. The zero-order valence-electron chi connectivity index (χ0n) is 14.7. The number of benzene rings is 2. The molecule has 7 heteroatoms. The Balaban J connectivity index is 1.84. The van der Waals surface area contributed by atoms with Gasteiger partial charge in [0, 0.05) is 23.9 Å². The van der Waals surface area contributed by atoms with Gasteiger partial charge in [-0.1, -0.05) is 0 Å². The molecule has 3 N–H and O–H groups in total. The minimum atomic E-state index is -0.364. The van der Waals surface area contributed by atoms with Crippen LogP contribution in [0.2, 0.25) is 0 Å². The zero-order valence-corrected chi connectivity index (χ0v) is 14.7. The number of carbonyl (C=O) groups excluding carboxylic acids is 3. The molecule has 0 radical (unpaired) electrons. The van der Waals surface area contributed by atoms with Gasteiger partial charge in [-0.3, -0.25) is 14.4 Å². The molecule has 7 nitrogen and oxygen atoms in total. The first-order valence-electron chi connectivity index (χ1n) is 8.16. The SMILES string of the molecule is CCOc1ccc(C(=O)NCC(=O)Nc2ccc(C(=O)NC)cc2)cc1. The average Bonchev–Trinajstić information content (AvgIpc) is 2.67. The Labute approximate surface area is 151 Å². The lowest BCUT2D eigenvalue weighted by atomic mass is 10.2. The van der Waals surface area contributed by atoms with Crippen LogP contribution in [0.3, 0.4) is 0 Å². The van der Waals surface area contributed by atoms with Crippen LogP contribution in [-0.2, 0) is 4.79 Å². The molecule has 26 heavy (non-hydrogen) atoms. The highest BCUT2D eigenvalue weighted by atomic mass is 16.5. The lowest BCUT2D eigenvalue weighted by Crippen LogP contribution is -2.32. The molecule has 2 aromatic carbocycles. The fourth-order valence-electron chi connectivity index (χ4n) is 2.19. The smallest absolute Gasteiger partial charge is 0.251 e. The molecule has 0 saturated heterocycles. The number of amides is 3. The van der Waals surface area contributed by atoms with Gasteiger partial charge in [0.25, 0.3) is 11.8 Å². The maximum atomic E-state index is 12.0. The summed E-state index contributed by atoms with van der Waals surface area (Å²) in [6, 6.07) is 13.1. The molecular formula is C19H21N3O4. The average molecular weight is 355 g/mol. The lowest BCUT2D eigenvalue weighted by molar-refractivity contribution is -0.115. The highest BCUT2D eigenvalue weighted by Crippen LogP contribution is 2.12. The van der Waals surface area contributed by atoms with Crippen molar-refractivity contribution < 1.29 is 19.1 Å². The highest BCUT2D eigenvalue weighted by Gasteiger charge is 2.09. The van der Waals surface area contributed by atoms with Gasteiger partial charge in [0.05, 0.1) is 13.2 Å². The summed E-state index contributed by atoms with van der Waals surface area (Å²) in [5, 5.41) is 7.73. The van der Waals surface area contributed by atoms with Gasteiger partial charge in [-0.15, -0.1) is 0 Å². The van der Waals surface area contributed by atoms with Crippen molar-refractivity contribution in [3.63, 3.8) is 0 Å². The lowest BCUT2D eigenvalue weighted by Gasteiger charge is -2.08. The van der Waals surface area contributed by atoms with Gasteiger partial charge in [0.2, 0.25) is 5.91 Å². The van der Waals surface area contributed by atoms with Crippen LogP contribution in [0.5, 0.6) is 5.75 Å². The monoisotopic (exact) mass is 355 g/mol. The number of carbonyl (C=O) groups is 3. The molecule has 0 heterocycles. The largest absolute Gasteiger partial charge is 0.494 e. The molecule has 2 aromatic rings. The third-order valence-corrected chi connectivity index (χ3v) is 3.49. The number of hydrogen-bond acceptors (Lipinski definition) is 4. The maximum Gasteiger partial charge on any atom is 0.251 e. The molecule has 0 fully saturated rings. The van der Waals surface area contributed by atoms with E-state index in [1.807, 2.05) is 6.92 Å². The minimum absolute atomic E-state index is 0.163. The Bertz CT molecular complexity index is 770. The predicted octanol–water partition coefficient (Wildman–Crippen LogP) is 1.81. The van der Waals surface area contributed by atoms with Crippen LogP contribution in [0, 0.1) is 0 Å². The van der Waals surface area contributed by atoms with E-state index in [4.69, 9.17) is 4.74 Å². The van der Waals surface area contributed by atoms with Gasteiger partial charge in [-0.25, -0.2) is 0 Å². The van der Waals surface area contributed by atoms with E-state index in [0.717, 1.165) is 0 Å². The molecule has 3 amide bonds. The molecule has 0 aliphatic heterocycles. The summed E-state index contributed by atoms with van der Waals surface area (Å²) >= 11 is 0. The van der Waals surface area contributed by atoms with Crippen LogP contribution in [0.1, 0.15) is 27.6 Å². The summed E-state index contributed by atoms with van der Waals surface area (Å²) in [6.45, 7) is 2.27. The maximum absolute atomic E-state index is 12.0. The number of nitrogens with one attached hydrogen (secondary N) is 3. The Morgan fingerprint density at radius 2 is 1.46 bits per heavy atom. The van der Waals surface area contributed by atoms with Crippen molar-refractivity contribution in [1.29, 1.82) is 0 Å². The van der Waals surface area contributed by atoms with E-state index < -0.39 is 0 Å². The minimum Gasteiger partial charge on any atom is -0.494 e. The summed E-state index contributed by atoms with van der Waals surface area (Å²) in [5.74, 6) is -0.234. The van der Waals surface area contributed by atoms with Crippen molar-refractivity contribution in [2.24, 2.45) is 0 Å². The second-order valence-electron chi connectivity index (χ2n) is 5.34. The molecule has 0 aliphatic rings. The molecule has 0 unspecified atom stereocenters. The van der Waals surface area contributed by atoms with E-state index in [1.165, 1.54) is 0 Å². The van der Waals surface area contributed by atoms with E-state index in [9.17, 15) is 14.4 Å². The van der Waals surface area contributed by atoms with Gasteiger partial charge in [0.1, 0.15) is 5.75 Å². The third-order valence-electron chi connectivity index (χ3n) is 3.49. The van der Waals surface area contributed by atoms with Crippen LogP contribution in [0.4, 0.5) is 5.69 Å². The van der Waals surface area contributed by atoms with E-state index in [2.05, 4.69) is 16.0 Å². The normalized spacial score (nSPS) is 9.92. The van der Waals surface area contributed by atoms with E-state index in [-0.39, 0.29) is 24.3 Å². The second-order valence-corrected chi connectivity index (χ2v) is 5.34. The quantitative estimate of drug-likeness (QED) is 0.706. The van der Waals surface area contributed by atoms with Crippen LogP contribution in [0.15, 0.2) is 48.5 Å². The van der Waals surface area contributed by atoms with Crippen molar-refractivity contribution in [2.45, 2.75) is 6.92 Å². The topological polar surface area (TPSA) is 96.5 Å². The zero-order chi connectivity index (χ0) is 18.9. The van der Waals surface area contributed by atoms with Crippen LogP contribution >= 0.6 is 0 Å². The number of anilines is 1. The van der Waals surface area contributed by atoms with Crippen molar-refractivity contribution in [1.82, 2.24) is 10.6 Å². The third kappa shape index (κ3) is 5.34. The van der Waals surface area contributed by atoms with Gasteiger partial charge < -0.3 is 20.7 Å². The molecular weight excluding hydrogens is 334 g/mol. The molecule has 136 valence electrons. The standard InChI is InChI=1S/C19H21N3O4/c1-3-26-16-10-6-14(7-11-16)19(25)21-12-17(23)22-15-8-4-13(5-9-15)18(24)20-2/h4-11H,3,12H2,1-2H3,(H,20,24)(H,21,25)(H,22,23). The van der Waals surface area contributed by atoms with E-state index in [1.54, 1.807) is 55.6 Å². The Hall–Kier alpha value is -3.35. The summed E-state index contributed by atoms with van der Waals surface area (Å²) < 4.78 is 5.31. The van der Waals surface area contributed by atoms with Gasteiger partial charge in [0.15, 0.2) is 0 Å². The van der Waals surface area contributed by atoms with Gasteiger partial charge >= 0.3 is 0 Å². The molecule has 0 aromatic heterocycles. The summed E-state index contributed by atoms with van der Waals surface area (Å²) in [5.41, 5.74) is 1.48. The molecule has 0 aliphatic carbocycles. The molecule has 0 saturated carbocycles. The van der Waals surface area contributed by atoms with Crippen molar-refractivity contribution in [3.05, 3.63) is 59.7 Å². The van der Waals surface area contributed by atoms with Crippen LogP contribution in [0.25, 0.3) is 0 Å². The molecule has 0 spiro atoms. The van der Waals surface area contributed by atoms with Crippen LogP contribution in [-0.4, -0.2) is 37.9 Å². The van der Waals surface area contributed by atoms with Crippen molar-refractivity contribution >= 4 is 23.4 Å². The highest BCUT2D eigenvalue weighted by molar-refractivity contribution is 5.99. The summed E-state index contributed by atoms with van der Waals surface area (Å²) in [6.07, 6.45) is 0. The molecule has 2 rings (SSSR count). The van der Waals surface area contributed by atoms with E-state index >= 15 is 0 Å². The first-order chi connectivity index (χ1) is 12.5. The summed E-state index contributed by atoms with van der Waals surface area (Å²) in [7, 11) is 1.55. The second kappa shape index (κ2) is 9.22. The van der Waals surface area contributed by atoms with Gasteiger partial charge in [-0.2, -0.15) is 0 Å². The Morgan fingerprint density at radius 3 is 2.04 bits per heavy atom. The first-order valence-corrected chi connectivity index (χ1v) is 8.16.